The first-order valence-corrected chi connectivity index (χ1v) is 5.21. The molecule has 82 valence electrons. The molecule has 0 amide bonds. The van der Waals surface area contributed by atoms with Gasteiger partial charge in [-0.05, 0) is 39.8 Å². The van der Waals surface area contributed by atoms with E-state index in [2.05, 4.69) is 24.3 Å². The van der Waals surface area contributed by atoms with Gasteiger partial charge in [-0.3, -0.25) is 4.79 Å². The van der Waals surface area contributed by atoms with Crippen molar-refractivity contribution in [3.8, 4) is 0 Å². The van der Waals surface area contributed by atoms with Crippen molar-refractivity contribution in [1.82, 2.24) is 10.2 Å². The van der Waals surface area contributed by atoms with Gasteiger partial charge in [0.1, 0.15) is 0 Å². The van der Waals surface area contributed by atoms with E-state index < -0.39 is 5.97 Å². The van der Waals surface area contributed by atoms with Crippen LogP contribution in [0.25, 0.3) is 0 Å². The number of carboxylic acids is 1. The third-order valence-corrected chi connectivity index (χ3v) is 2.97. The number of carbonyl (C=O) groups is 1. The van der Waals surface area contributed by atoms with Crippen LogP contribution in [-0.4, -0.2) is 48.7 Å². The zero-order valence-electron chi connectivity index (χ0n) is 8.99. The van der Waals surface area contributed by atoms with Gasteiger partial charge in [0.25, 0.3) is 0 Å². The van der Waals surface area contributed by atoms with Gasteiger partial charge in [-0.2, -0.15) is 0 Å². The average Bonchev–Trinajstić information content (AvgIpc) is 2.15. The molecule has 0 aliphatic heterocycles. The van der Waals surface area contributed by atoms with Gasteiger partial charge in [-0.25, -0.2) is 0 Å². The molecule has 0 atom stereocenters. The highest BCUT2D eigenvalue weighted by Crippen LogP contribution is 2.21. The summed E-state index contributed by atoms with van der Waals surface area (Å²) in [6.07, 6.45) is 4.53. The van der Waals surface area contributed by atoms with E-state index in [9.17, 15) is 4.79 Å². The molecule has 0 spiro atoms. The SMILES string of the molecule is CN(C)C1CCC(NCC(=O)O)CC1. The fourth-order valence-corrected chi connectivity index (χ4v) is 2.03. The van der Waals surface area contributed by atoms with Gasteiger partial charge < -0.3 is 15.3 Å². The highest BCUT2D eigenvalue weighted by molar-refractivity contribution is 5.69. The third kappa shape index (κ3) is 3.64. The van der Waals surface area contributed by atoms with Gasteiger partial charge in [0.15, 0.2) is 0 Å². The Bertz CT molecular complexity index is 187. The number of hydrogen-bond donors (Lipinski definition) is 2. The highest BCUT2D eigenvalue weighted by Gasteiger charge is 2.22. The number of hydrogen-bond acceptors (Lipinski definition) is 3. The highest BCUT2D eigenvalue weighted by atomic mass is 16.4. The lowest BCUT2D eigenvalue weighted by Gasteiger charge is -2.32. The summed E-state index contributed by atoms with van der Waals surface area (Å²) >= 11 is 0. The lowest BCUT2D eigenvalue weighted by molar-refractivity contribution is -0.136. The predicted octanol–water partition coefficient (Wildman–Crippen LogP) is 0.533. The van der Waals surface area contributed by atoms with Crippen LogP contribution in [0.3, 0.4) is 0 Å². The van der Waals surface area contributed by atoms with E-state index in [1.54, 1.807) is 0 Å². The Balaban J connectivity index is 2.19. The van der Waals surface area contributed by atoms with E-state index in [1.807, 2.05) is 0 Å². The van der Waals surface area contributed by atoms with Crippen molar-refractivity contribution >= 4 is 5.97 Å². The summed E-state index contributed by atoms with van der Waals surface area (Å²) in [6, 6.07) is 1.08. The maximum Gasteiger partial charge on any atom is 0.317 e. The minimum absolute atomic E-state index is 0.0945. The van der Waals surface area contributed by atoms with Crippen LogP contribution < -0.4 is 5.32 Å². The van der Waals surface area contributed by atoms with E-state index in [1.165, 1.54) is 12.8 Å². The van der Waals surface area contributed by atoms with Crippen LogP contribution in [0.4, 0.5) is 0 Å². The van der Waals surface area contributed by atoms with Crippen molar-refractivity contribution in [2.24, 2.45) is 0 Å². The molecule has 4 heteroatoms. The van der Waals surface area contributed by atoms with Crippen molar-refractivity contribution in [3.63, 3.8) is 0 Å². The van der Waals surface area contributed by atoms with Crippen molar-refractivity contribution < 1.29 is 9.90 Å². The molecule has 4 nitrogen and oxygen atoms in total. The Hall–Kier alpha value is -0.610. The van der Waals surface area contributed by atoms with E-state index >= 15 is 0 Å². The average molecular weight is 200 g/mol. The first-order valence-electron chi connectivity index (χ1n) is 5.21. The second-order valence-corrected chi connectivity index (χ2v) is 4.24. The van der Waals surface area contributed by atoms with Gasteiger partial charge >= 0.3 is 5.97 Å². The van der Waals surface area contributed by atoms with Crippen LogP contribution in [0.5, 0.6) is 0 Å². The maximum atomic E-state index is 10.3. The fourth-order valence-electron chi connectivity index (χ4n) is 2.03. The minimum Gasteiger partial charge on any atom is -0.480 e. The van der Waals surface area contributed by atoms with Crippen molar-refractivity contribution in [3.05, 3.63) is 0 Å². The van der Waals surface area contributed by atoms with Crippen LogP contribution >= 0.6 is 0 Å². The van der Waals surface area contributed by atoms with Crippen LogP contribution in [0.2, 0.25) is 0 Å². The molecule has 0 radical (unpaired) electrons. The molecular weight excluding hydrogens is 180 g/mol. The summed E-state index contributed by atoms with van der Waals surface area (Å²) in [7, 11) is 4.21. The van der Waals surface area contributed by atoms with Crippen molar-refractivity contribution in [1.29, 1.82) is 0 Å². The first kappa shape index (κ1) is 11.5. The first-order chi connectivity index (χ1) is 6.59. The zero-order chi connectivity index (χ0) is 10.6. The number of nitrogens with zero attached hydrogens (tertiary/aromatic N) is 1. The van der Waals surface area contributed by atoms with E-state index in [0.717, 1.165) is 12.8 Å². The van der Waals surface area contributed by atoms with E-state index in [4.69, 9.17) is 5.11 Å². The molecule has 0 heterocycles. The Morgan fingerprint density at radius 2 is 1.93 bits per heavy atom. The Labute approximate surface area is 85.3 Å². The molecule has 1 aliphatic rings. The van der Waals surface area contributed by atoms with Gasteiger partial charge in [0, 0.05) is 12.1 Å². The number of aliphatic carboxylic acids is 1. The summed E-state index contributed by atoms with van der Waals surface area (Å²) in [4.78, 5) is 12.6. The molecule has 0 saturated heterocycles. The topological polar surface area (TPSA) is 52.6 Å². The predicted molar refractivity (Wildman–Crippen MR) is 55.4 cm³/mol. The van der Waals surface area contributed by atoms with Gasteiger partial charge in [0.2, 0.25) is 0 Å². The molecule has 1 rings (SSSR count). The lowest BCUT2D eigenvalue weighted by Crippen LogP contribution is -2.41. The molecule has 14 heavy (non-hydrogen) atoms. The van der Waals surface area contributed by atoms with E-state index in [0.29, 0.717) is 12.1 Å². The van der Waals surface area contributed by atoms with Crippen LogP contribution in [-0.2, 0) is 4.79 Å². The normalized spacial score (nSPS) is 27.9. The fraction of sp³-hybridized carbons (Fsp3) is 0.900. The van der Waals surface area contributed by atoms with Gasteiger partial charge in [0.05, 0.1) is 6.54 Å². The standard InChI is InChI=1S/C10H20N2O2/c1-12(2)9-5-3-8(4-6-9)11-7-10(13)14/h8-9,11H,3-7H2,1-2H3,(H,13,14). The number of nitrogens with one attached hydrogen (secondary N) is 1. The zero-order valence-corrected chi connectivity index (χ0v) is 8.99. The van der Waals surface area contributed by atoms with Crippen LogP contribution in [0.1, 0.15) is 25.7 Å². The largest absolute Gasteiger partial charge is 0.480 e. The summed E-state index contributed by atoms with van der Waals surface area (Å²) in [5, 5.41) is 11.6. The Morgan fingerprint density at radius 3 is 2.36 bits per heavy atom. The summed E-state index contributed by atoms with van der Waals surface area (Å²) in [5.41, 5.74) is 0. The molecule has 1 fully saturated rings. The summed E-state index contributed by atoms with van der Waals surface area (Å²) in [6.45, 7) is 0.0945. The second-order valence-electron chi connectivity index (χ2n) is 4.24. The molecule has 0 bridgehead atoms. The molecular formula is C10H20N2O2. The van der Waals surface area contributed by atoms with Crippen molar-refractivity contribution in [2.75, 3.05) is 20.6 Å². The smallest absolute Gasteiger partial charge is 0.317 e. The molecule has 1 saturated carbocycles. The molecule has 1 aliphatic carbocycles. The summed E-state index contributed by atoms with van der Waals surface area (Å²) < 4.78 is 0. The molecule has 0 aromatic rings. The van der Waals surface area contributed by atoms with E-state index in [-0.39, 0.29) is 6.54 Å². The molecule has 0 aromatic carbocycles. The third-order valence-electron chi connectivity index (χ3n) is 2.97. The van der Waals surface area contributed by atoms with Crippen LogP contribution in [0.15, 0.2) is 0 Å². The number of rotatable bonds is 4. The number of carboxylic acid groups (broad SMARTS) is 1. The lowest BCUT2D eigenvalue weighted by atomic mass is 9.90. The minimum atomic E-state index is -0.764. The molecule has 0 unspecified atom stereocenters. The maximum absolute atomic E-state index is 10.3. The van der Waals surface area contributed by atoms with Crippen molar-refractivity contribution in [2.45, 2.75) is 37.8 Å². The molecule has 0 aromatic heterocycles. The van der Waals surface area contributed by atoms with Crippen LogP contribution in [0, 0.1) is 0 Å². The Kier molecular flexibility index (Phi) is 4.35. The summed E-state index contributed by atoms with van der Waals surface area (Å²) in [5.74, 6) is -0.764. The molecule has 2 N–H and O–H groups in total. The van der Waals surface area contributed by atoms with Gasteiger partial charge in [-0.1, -0.05) is 0 Å². The monoisotopic (exact) mass is 200 g/mol. The second kappa shape index (κ2) is 5.32. The Morgan fingerprint density at radius 1 is 1.36 bits per heavy atom. The quantitative estimate of drug-likeness (QED) is 0.695. The van der Waals surface area contributed by atoms with Gasteiger partial charge in [-0.15, -0.1) is 0 Å².